The highest BCUT2D eigenvalue weighted by Gasteiger charge is 2.18. The highest BCUT2D eigenvalue weighted by Crippen LogP contribution is 2.43. The standard InChI is InChI=1S/C24H17BrF2O2/c1-28-23-13-18-14(11-20(23)16-5-3-4-6-21(16)26)7-9-17(24(18)29-2)19-12-15(25)8-10-22(19)27/h3-13H,1-2H3. The van der Waals surface area contributed by atoms with Crippen molar-refractivity contribution in [2.24, 2.45) is 0 Å². The van der Waals surface area contributed by atoms with E-state index in [9.17, 15) is 8.78 Å². The Hall–Kier alpha value is -2.92. The van der Waals surface area contributed by atoms with Crippen LogP contribution in [0.3, 0.4) is 0 Å². The normalized spacial score (nSPS) is 10.9. The summed E-state index contributed by atoms with van der Waals surface area (Å²) in [7, 11) is 3.08. The highest BCUT2D eigenvalue weighted by molar-refractivity contribution is 9.10. The van der Waals surface area contributed by atoms with Gasteiger partial charge in [0.1, 0.15) is 23.1 Å². The number of methoxy groups -OCH3 is 2. The molecule has 0 spiro atoms. The number of benzene rings is 4. The van der Waals surface area contributed by atoms with Crippen LogP contribution in [0.25, 0.3) is 33.0 Å². The molecule has 2 nitrogen and oxygen atoms in total. The van der Waals surface area contributed by atoms with Gasteiger partial charge < -0.3 is 9.47 Å². The molecule has 0 atom stereocenters. The summed E-state index contributed by atoms with van der Waals surface area (Å²) in [6, 6.07) is 18.7. The third-order valence-electron chi connectivity index (χ3n) is 4.88. The van der Waals surface area contributed by atoms with Crippen LogP contribution >= 0.6 is 15.9 Å². The average molecular weight is 455 g/mol. The monoisotopic (exact) mass is 454 g/mol. The van der Waals surface area contributed by atoms with Crippen molar-refractivity contribution in [2.75, 3.05) is 14.2 Å². The molecule has 0 aromatic heterocycles. The van der Waals surface area contributed by atoms with E-state index in [0.29, 0.717) is 33.8 Å². The fourth-order valence-corrected chi connectivity index (χ4v) is 3.88. The molecule has 0 saturated carbocycles. The topological polar surface area (TPSA) is 18.5 Å². The van der Waals surface area contributed by atoms with Crippen molar-refractivity contribution in [3.63, 3.8) is 0 Å². The zero-order valence-electron chi connectivity index (χ0n) is 15.8. The maximum absolute atomic E-state index is 14.5. The second-order valence-corrected chi connectivity index (χ2v) is 7.44. The van der Waals surface area contributed by atoms with Gasteiger partial charge in [-0.15, -0.1) is 0 Å². The van der Waals surface area contributed by atoms with Gasteiger partial charge in [0.05, 0.1) is 14.2 Å². The van der Waals surface area contributed by atoms with Gasteiger partial charge >= 0.3 is 0 Å². The third kappa shape index (κ3) is 3.47. The van der Waals surface area contributed by atoms with Crippen molar-refractivity contribution in [3.05, 3.63) is 82.8 Å². The molecule has 0 bridgehead atoms. The maximum atomic E-state index is 14.5. The number of halogens is 3. The fraction of sp³-hybridized carbons (Fsp3) is 0.0833. The first-order valence-corrected chi connectivity index (χ1v) is 9.72. The molecular formula is C24H17BrF2O2. The van der Waals surface area contributed by atoms with Crippen molar-refractivity contribution in [2.45, 2.75) is 0 Å². The largest absolute Gasteiger partial charge is 0.496 e. The van der Waals surface area contributed by atoms with Gasteiger partial charge in [-0.2, -0.15) is 0 Å². The summed E-state index contributed by atoms with van der Waals surface area (Å²) < 4.78 is 40.9. The van der Waals surface area contributed by atoms with Crippen molar-refractivity contribution in [1.82, 2.24) is 0 Å². The van der Waals surface area contributed by atoms with Crippen LogP contribution in [0.5, 0.6) is 11.5 Å². The van der Waals surface area contributed by atoms with Crippen LogP contribution in [0.2, 0.25) is 0 Å². The van der Waals surface area contributed by atoms with Crippen molar-refractivity contribution in [1.29, 1.82) is 0 Å². The van der Waals surface area contributed by atoms with Crippen LogP contribution in [-0.4, -0.2) is 14.2 Å². The van der Waals surface area contributed by atoms with Crippen molar-refractivity contribution in [3.8, 4) is 33.8 Å². The predicted molar refractivity (Wildman–Crippen MR) is 116 cm³/mol. The van der Waals surface area contributed by atoms with Gasteiger partial charge in [-0.25, -0.2) is 8.78 Å². The maximum Gasteiger partial charge on any atom is 0.134 e. The van der Waals surface area contributed by atoms with Crippen LogP contribution < -0.4 is 9.47 Å². The molecule has 146 valence electrons. The Morgan fingerprint density at radius 3 is 2.17 bits per heavy atom. The van der Waals surface area contributed by atoms with Gasteiger partial charge in [0, 0.05) is 32.1 Å². The summed E-state index contributed by atoms with van der Waals surface area (Å²) in [6.07, 6.45) is 0. The molecule has 0 aliphatic heterocycles. The summed E-state index contributed by atoms with van der Waals surface area (Å²) in [5.74, 6) is 0.358. The molecule has 0 aliphatic rings. The van der Waals surface area contributed by atoms with E-state index >= 15 is 0 Å². The molecule has 0 saturated heterocycles. The van der Waals surface area contributed by atoms with Gasteiger partial charge in [0.2, 0.25) is 0 Å². The van der Waals surface area contributed by atoms with E-state index in [1.54, 1.807) is 43.5 Å². The first kappa shape index (κ1) is 19.4. The van der Waals surface area contributed by atoms with Gasteiger partial charge in [-0.3, -0.25) is 0 Å². The molecule has 0 aliphatic carbocycles. The lowest BCUT2D eigenvalue weighted by molar-refractivity contribution is 0.413. The number of hydrogen-bond donors (Lipinski definition) is 0. The summed E-state index contributed by atoms with van der Waals surface area (Å²) >= 11 is 3.39. The van der Waals surface area contributed by atoms with Crippen molar-refractivity contribution < 1.29 is 18.3 Å². The van der Waals surface area contributed by atoms with Crippen LogP contribution in [0.15, 0.2) is 71.2 Å². The summed E-state index contributed by atoms with van der Waals surface area (Å²) in [4.78, 5) is 0. The predicted octanol–water partition coefficient (Wildman–Crippen LogP) is 7.23. The van der Waals surface area contributed by atoms with Crippen molar-refractivity contribution >= 4 is 26.7 Å². The van der Waals surface area contributed by atoms with E-state index < -0.39 is 0 Å². The van der Waals surface area contributed by atoms with Gasteiger partial charge in [-0.05, 0) is 47.9 Å². The molecule has 0 fully saturated rings. The Morgan fingerprint density at radius 1 is 0.690 bits per heavy atom. The van der Waals surface area contributed by atoms with E-state index in [4.69, 9.17) is 9.47 Å². The Bertz CT molecular complexity index is 1220. The highest BCUT2D eigenvalue weighted by atomic mass is 79.9. The number of hydrogen-bond acceptors (Lipinski definition) is 2. The molecule has 0 amide bonds. The molecule has 0 radical (unpaired) electrons. The average Bonchev–Trinajstić information content (AvgIpc) is 2.74. The molecule has 0 N–H and O–H groups in total. The van der Waals surface area contributed by atoms with Crippen LogP contribution in [0.1, 0.15) is 0 Å². The molecule has 4 aromatic carbocycles. The summed E-state index contributed by atoms with van der Waals surface area (Å²) in [5.41, 5.74) is 2.14. The lowest BCUT2D eigenvalue weighted by Crippen LogP contribution is -1.95. The third-order valence-corrected chi connectivity index (χ3v) is 5.37. The molecule has 0 unspecified atom stereocenters. The first-order valence-electron chi connectivity index (χ1n) is 8.92. The van der Waals surface area contributed by atoms with E-state index in [-0.39, 0.29) is 11.6 Å². The molecule has 4 aromatic rings. The zero-order valence-corrected chi connectivity index (χ0v) is 17.4. The van der Waals surface area contributed by atoms with Crippen LogP contribution in [0.4, 0.5) is 8.78 Å². The Kier molecular flexibility index (Phi) is 5.24. The number of rotatable bonds is 4. The Balaban J connectivity index is 2.00. The van der Waals surface area contributed by atoms with Crippen LogP contribution in [-0.2, 0) is 0 Å². The van der Waals surface area contributed by atoms with E-state index in [1.165, 1.54) is 19.2 Å². The Labute approximate surface area is 175 Å². The second kappa shape index (κ2) is 7.84. The molecule has 4 rings (SSSR count). The number of ether oxygens (including phenoxy) is 2. The minimum absolute atomic E-state index is 0.329. The quantitative estimate of drug-likeness (QED) is 0.323. The Morgan fingerprint density at radius 2 is 1.45 bits per heavy atom. The lowest BCUT2D eigenvalue weighted by Gasteiger charge is -2.16. The lowest BCUT2D eigenvalue weighted by atomic mass is 9.95. The van der Waals surface area contributed by atoms with E-state index in [1.807, 2.05) is 18.2 Å². The SMILES string of the molecule is COc1cc2c(OC)c(-c3cc(Br)ccc3F)ccc2cc1-c1ccccc1F. The number of fused-ring (bicyclic) bond motifs is 1. The van der Waals surface area contributed by atoms with E-state index in [0.717, 1.165) is 15.2 Å². The molecular weight excluding hydrogens is 438 g/mol. The smallest absolute Gasteiger partial charge is 0.134 e. The van der Waals surface area contributed by atoms with Gasteiger partial charge in [0.25, 0.3) is 0 Å². The molecule has 29 heavy (non-hydrogen) atoms. The van der Waals surface area contributed by atoms with E-state index in [2.05, 4.69) is 15.9 Å². The zero-order chi connectivity index (χ0) is 20.5. The second-order valence-electron chi connectivity index (χ2n) is 6.52. The minimum atomic E-state index is -0.346. The first-order chi connectivity index (χ1) is 14.0. The summed E-state index contributed by atoms with van der Waals surface area (Å²) in [6.45, 7) is 0. The fourth-order valence-electron chi connectivity index (χ4n) is 3.52. The summed E-state index contributed by atoms with van der Waals surface area (Å²) in [5, 5.41) is 1.58. The molecule has 0 heterocycles. The molecule has 5 heteroatoms. The van der Waals surface area contributed by atoms with Crippen LogP contribution in [0, 0.1) is 11.6 Å². The minimum Gasteiger partial charge on any atom is -0.496 e. The van der Waals surface area contributed by atoms with Gasteiger partial charge in [-0.1, -0.05) is 40.2 Å². The van der Waals surface area contributed by atoms with Gasteiger partial charge in [0.15, 0.2) is 0 Å².